The Hall–Kier alpha value is -3.07. The minimum absolute atomic E-state index is 0.497. The van der Waals surface area contributed by atoms with Crippen LogP contribution in [0.25, 0.3) is 0 Å². The van der Waals surface area contributed by atoms with Crippen molar-refractivity contribution in [1.82, 2.24) is 0 Å². The van der Waals surface area contributed by atoms with Gasteiger partial charge in [-0.1, -0.05) is 42.5 Å². The van der Waals surface area contributed by atoms with Crippen LogP contribution in [0.4, 0.5) is 0 Å². The van der Waals surface area contributed by atoms with Gasteiger partial charge in [0, 0.05) is 0 Å². The standard InChI is InChI=1S/C19H14O3/c20-14-15-8-4-5-11-17(15)22-19-13-7-6-12-18(19)21-16-9-2-1-3-10-16/h1-14H. The van der Waals surface area contributed by atoms with Crippen molar-refractivity contribution in [2.45, 2.75) is 0 Å². The molecule has 0 fully saturated rings. The number of para-hydroxylation sites is 4. The Morgan fingerprint density at radius 1 is 0.591 bits per heavy atom. The molecule has 0 saturated carbocycles. The zero-order valence-electron chi connectivity index (χ0n) is 11.8. The van der Waals surface area contributed by atoms with Gasteiger partial charge in [-0.3, -0.25) is 4.79 Å². The number of aldehydes is 1. The highest BCUT2D eigenvalue weighted by molar-refractivity contribution is 5.79. The first-order valence-corrected chi connectivity index (χ1v) is 6.91. The molecule has 0 aliphatic rings. The second-order valence-electron chi connectivity index (χ2n) is 4.62. The molecule has 22 heavy (non-hydrogen) atoms. The van der Waals surface area contributed by atoms with Gasteiger partial charge >= 0.3 is 0 Å². The summed E-state index contributed by atoms with van der Waals surface area (Å²) in [6.45, 7) is 0. The molecule has 0 aliphatic heterocycles. The molecule has 0 aromatic heterocycles. The Labute approximate surface area is 128 Å². The van der Waals surface area contributed by atoms with Crippen LogP contribution < -0.4 is 9.47 Å². The molecule has 0 aliphatic carbocycles. The predicted octanol–water partition coefficient (Wildman–Crippen LogP) is 5.08. The summed E-state index contributed by atoms with van der Waals surface area (Å²) in [5.74, 6) is 2.37. The topological polar surface area (TPSA) is 35.5 Å². The average molecular weight is 290 g/mol. The fourth-order valence-corrected chi connectivity index (χ4v) is 2.02. The molecule has 3 heteroatoms. The molecule has 0 radical (unpaired) electrons. The quantitative estimate of drug-likeness (QED) is 0.614. The summed E-state index contributed by atoms with van der Waals surface area (Å²) in [6, 6.07) is 23.9. The highest BCUT2D eigenvalue weighted by Gasteiger charge is 2.09. The number of hydrogen-bond donors (Lipinski definition) is 0. The lowest BCUT2D eigenvalue weighted by atomic mass is 10.2. The van der Waals surface area contributed by atoms with Crippen LogP contribution >= 0.6 is 0 Å². The van der Waals surface area contributed by atoms with Gasteiger partial charge in [-0.2, -0.15) is 0 Å². The number of carbonyl (C=O) groups is 1. The Balaban J connectivity index is 1.90. The van der Waals surface area contributed by atoms with Gasteiger partial charge in [0.05, 0.1) is 5.56 Å². The van der Waals surface area contributed by atoms with Gasteiger partial charge < -0.3 is 9.47 Å². The normalized spacial score (nSPS) is 10.0. The summed E-state index contributed by atoms with van der Waals surface area (Å²) >= 11 is 0. The molecule has 3 nitrogen and oxygen atoms in total. The molecule has 0 atom stereocenters. The van der Waals surface area contributed by atoms with E-state index < -0.39 is 0 Å². The molecule has 0 bridgehead atoms. The first kappa shape index (κ1) is 13.9. The molecule has 0 unspecified atom stereocenters. The van der Waals surface area contributed by atoms with E-state index in [-0.39, 0.29) is 0 Å². The van der Waals surface area contributed by atoms with E-state index in [9.17, 15) is 4.79 Å². The van der Waals surface area contributed by atoms with Crippen LogP contribution in [-0.2, 0) is 0 Å². The molecule has 0 N–H and O–H groups in total. The third-order valence-electron chi connectivity index (χ3n) is 3.09. The number of hydrogen-bond acceptors (Lipinski definition) is 3. The van der Waals surface area contributed by atoms with E-state index in [4.69, 9.17) is 9.47 Å². The van der Waals surface area contributed by atoms with E-state index >= 15 is 0 Å². The lowest BCUT2D eigenvalue weighted by molar-refractivity contribution is 0.112. The predicted molar refractivity (Wildman–Crippen MR) is 84.9 cm³/mol. The van der Waals surface area contributed by atoms with Crippen molar-refractivity contribution in [2.24, 2.45) is 0 Å². The Morgan fingerprint density at radius 2 is 1.14 bits per heavy atom. The number of benzene rings is 3. The zero-order chi connectivity index (χ0) is 15.2. The van der Waals surface area contributed by atoms with Gasteiger partial charge in [-0.25, -0.2) is 0 Å². The molecule has 0 heterocycles. The van der Waals surface area contributed by atoms with Crippen molar-refractivity contribution < 1.29 is 14.3 Å². The summed E-state index contributed by atoms with van der Waals surface area (Å²) in [5.41, 5.74) is 0.497. The maximum absolute atomic E-state index is 11.1. The summed E-state index contributed by atoms with van der Waals surface area (Å²) in [7, 11) is 0. The van der Waals surface area contributed by atoms with E-state index in [1.807, 2.05) is 54.6 Å². The Kier molecular flexibility index (Phi) is 4.16. The van der Waals surface area contributed by atoms with Gasteiger partial charge in [0.2, 0.25) is 0 Å². The number of carbonyl (C=O) groups excluding carboxylic acids is 1. The maximum Gasteiger partial charge on any atom is 0.169 e. The highest BCUT2D eigenvalue weighted by atomic mass is 16.5. The lowest BCUT2D eigenvalue weighted by Gasteiger charge is -2.13. The first-order valence-electron chi connectivity index (χ1n) is 6.91. The minimum Gasteiger partial charge on any atom is -0.453 e. The van der Waals surface area contributed by atoms with E-state index in [2.05, 4.69) is 0 Å². The van der Waals surface area contributed by atoms with E-state index in [0.29, 0.717) is 22.8 Å². The lowest BCUT2D eigenvalue weighted by Crippen LogP contribution is -1.93. The highest BCUT2D eigenvalue weighted by Crippen LogP contribution is 2.35. The third kappa shape index (κ3) is 3.15. The fraction of sp³-hybridized carbons (Fsp3) is 0. The second-order valence-corrected chi connectivity index (χ2v) is 4.62. The van der Waals surface area contributed by atoms with Gasteiger partial charge in [-0.15, -0.1) is 0 Å². The molecular formula is C19H14O3. The Bertz CT molecular complexity index is 766. The van der Waals surface area contributed by atoms with Crippen molar-refractivity contribution in [2.75, 3.05) is 0 Å². The molecule has 3 aromatic rings. The van der Waals surface area contributed by atoms with E-state index in [1.54, 1.807) is 24.3 Å². The molecule has 3 rings (SSSR count). The molecule has 3 aromatic carbocycles. The number of ether oxygens (including phenoxy) is 2. The van der Waals surface area contributed by atoms with Crippen molar-refractivity contribution >= 4 is 6.29 Å². The van der Waals surface area contributed by atoms with Gasteiger partial charge in [0.25, 0.3) is 0 Å². The monoisotopic (exact) mass is 290 g/mol. The van der Waals surface area contributed by atoms with E-state index in [1.165, 1.54) is 0 Å². The fourth-order valence-electron chi connectivity index (χ4n) is 2.02. The maximum atomic E-state index is 11.1. The van der Waals surface area contributed by atoms with Crippen LogP contribution in [-0.4, -0.2) is 6.29 Å². The smallest absolute Gasteiger partial charge is 0.169 e. The van der Waals surface area contributed by atoms with Crippen LogP contribution in [0.2, 0.25) is 0 Å². The van der Waals surface area contributed by atoms with Gasteiger partial charge in [0.1, 0.15) is 11.5 Å². The summed E-state index contributed by atoms with van der Waals surface area (Å²) in [5, 5.41) is 0. The van der Waals surface area contributed by atoms with Crippen LogP contribution in [0.3, 0.4) is 0 Å². The first-order chi connectivity index (χ1) is 10.9. The third-order valence-corrected chi connectivity index (χ3v) is 3.09. The van der Waals surface area contributed by atoms with Crippen molar-refractivity contribution in [3.63, 3.8) is 0 Å². The summed E-state index contributed by atoms with van der Waals surface area (Å²) in [6.07, 6.45) is 0.774. The molecule has 108 valence electrons. The van der Waals surface area contributed by atoms with Crippen LogP contribution in [0.15, 0.2) is 78.9 Å². The van der Waals surface area contributed by atoms with Crippen LogP contribution in [0, 0.1) is 0 Å². The van der Waals surface area contributed by atoms with Gasteiger partial charge in [0.15, 0.2) is 17.8 Å². The van der Waals surface area contributed by atoms with Crippen LogP contribution in [0.5, 0.6) is 23.0 Å². The Morgan fingerprint density at radius 3 is 1.82 bits per heavy atom. The largest absolute Gasteiger partial charge is 0.453 e. The van der Waals surface area contributed by atoms with Crippen molar-refractivity contribution in [1.29, 1.82) is 0 Å². The second kappa shape index (κ2) is 6.59. The van der Waals surface area contributed by atoms with E-state index in [0.717, 1.165) is 12.0 Å². The molecule has 0 saturated heterocycles. The van der Waals surface area contributed by atoms with Gasteiger partial charge in [-0.05, 0) is 36.4 Å². The average Bonchev–Trinajstić information content (AvgIpc) is 2.58. The minimum atomic E-state index is 0.497. The summed E-state index contributed by atoms with van der Waals surface area (Å²) in [4.78, 5) is 11.1. The zero-order valence-corrected chi connectivity index (χ0v) is 11.8. The molecular weight excluding hydrogens is 276 g/mol. The number of rotatable bonds is 5. The van der Waals surface area contributed by atoms with Crippen molar-refractivity contribution in [3.05, 3.63) is 84.4 Å². The summed E-state index contributed by atoms with van der Waals surface area (Å²) < 4.78 is 11.7. The molecule has 0 spiro atoms. The van der Waals surface area contributed by atoms with Crippen molar-refractivity contribution in [3.8, 4) is 23.0 Å². The SMILES string of the molecule is O=Cc1ccccc1Oc1ccccc1Oc1ccccc1. The molecule has 0 amide bonds. The van der Waals surface area contributed by atoms with Crippen LogP contribution in [0.1, 0.15) is 10.4 Å².